The fourth-order valence-electron chi connectivity index (χ4n) is 1.39. The number of amides is 2. The lowest BCUT2D eigenvalue weighted by Crippen LogP contribution is -2.37. The van der Waals surface area contributed by atoms with Crippen molar-refractivity contribution in [2.24, 2.45) is 5.92 Å². The van der Waals surface area contributed by atoms with Crippen LogP contribution in [0.2, 0.25) is 0 Å². The monoisotopic (exact) mass is 328 g/mol. The molecule has 1 aromatic rings. The maximum Gasteiger partial charge on any atom is 0.313 e. The van der Waals surface area contributed by atoms with Crippen LogP contribution in [0.5, 0.6) is 0 Å². The Morgan fingerprint density at radius 3 is 2.47 bits per heavy atom. The lowest BCUT2D eigenvalue weighted by molar-refractivity contribution is -0.136. The molecule has 0 saturated carbocycles. The van der Waals surface area contributed by atoms with Crippen molar-refractivity contribution in [1.82, 2.24) is 5.32 Å². The summed E-state index contributed by atoms with van der Waals surface area (Å²) < 4.78 is 0.896. The molecule has 1 unspecified atom stereocenters. The summed E-state index contributed by atoms with van der Waals surface area (Å²) in [6.45, 7) is 2.33. The Balaban J connectivity index is 2.40. The number of aliphatic hydroxyl groups excluding tert-OH is 1. The van der Waals surface area contributed by atoms with E-state index in [0.717, 1.165) is 4.47 Å². The highest BCUT2D eigenvalue weighted by molar-refractivity contribution is 9.10. The molecule has 0 aliphatic rings. The molecule has 0 spiro atoms. The van der Waals surface area contributed by atoms with Crippen molar-refractivity contribution < 1.29 is 14.7 Å². The van der Waals surface area contributed by atoms with E-state index in [2.05, 4.69) is 26.6 Å². The van der Waals surface area contributed by atoms with Gasteiger partial charge in [0.25, 0.3) is 0 Å². The highest BCUT2D eigenvalue weighted by Crippen LogP contribution is 2.13. The minimum atomic E-state index is -0.696. The van der Waals surface area contributed by atoms with E-state index in [4.69, 9.17) is 5.11 Å². The van der Waals surface area contributed by atoms with Gasteiger partial charge in [-0.1, -0.05) is 22.9 Å². The van der Waals surface area contributed by atoms with Crippen LogP contribution >= 0.6 is 15.9 Å². The summed E-state index contributed by atoms with van der Waals surface area (Å²) in [6.07, 6.45) is 0.592. The molecule has 0 fully saturated rings. The van der Waals surface area contributed by atoms with Gasteiger partial charge in [0.15, 0.2) is 0 Å². The predicted molar refractivity (Wildman–Crippen MR) is 76.6 cm³/mol. The first kappa shape index (κ1) is 15.7. The number of nitrogens with one attached hydrogen (secondary N) is 2. The topological polar surface area (TPSA) is 78.4 Å². The van der Waals surface area contributed by atoms with Gasteiger partial charge in [-0.05, 0) is 36.6 Å². The largest absolute Gasteiger partial charge is 0.396 e. The number of rotatable bonds is 5. The number of anilines is 1. The van der Waals surface area contributed by atoms with Crippen molar-refractivity contribution in [2.45, 2.75) is 13.3 Å². The molecule has 104 valence electrons. The minimum absolute atomic E-state index is 0.0716. The number of carbonyl (C=O) groups excluding carboxylic acids is 2. The number of carbonyl (C=O) groups is 2. The lowest BCUT2D eigenvalue weighted by atomic mass is 10.1. The van der Waals surface area contributed by atoms with Crippen molar-refractivity contribution in [3.63, 3.8) is 0 Å². The van der Waals surface area contributed by atoms with Crippen molar-refractivity contribution in [1.29, 1.82) is 0 Å². The van der Waals surface area contributed by atoms with Crippen molar-refractivity contribution in [3.8, 4) is 0 Å². The summed E-state index contributed by atoms with van der Waals surface area (Å²) in [5, 5.41) is 13.8. The zero-order chi connectivity index (χ0) is 14.3. The van der Waals surface area contributed by atoms with E-state index in [9.17, 15) is 9.59 Å². The van der Waals surface area contributed by atoms with Gasteiger partial charge in [0.05, 0.1) is 0 Å². The molecule has 0 aliphatic carbocycles. The highest BCUT2D eigenvalue weighted by atomic mass is 79.9. The standard InChI is InChI=1S/C13H17BrN2O3/c1-9(6-7-17)8-15-12(18)13(19)16-11-4-2-10(14)3-5-11/h2-5,9,17H,6-8H2,1H3,(H,15,18)(H,16,19). The summed E-state index contributed by atoms with van der Waals surface area (Å²) in [4.78, 5) is 23.1. The van der Waals surface area contributed by atoms with Gasteiger partial charge in [-0.25, -0.2) is 0 Å². The second kappa shape index (κ2) is 7.91. The number of halogens is 1. The van der Waals surface area contributed by atoms with E-state index in [1.165, 1.54) is 0 Å². The number of hydrogen-bond donors (Lipinski definition) is 3. The van der Waals surface area contributed by atoms with E-state index in [-0.39, 0.29) is 12.5 Å². The van der Waals surface area contributed by atoms with Gasteiger partial charge in [0.2, 0.25) is 0 Å². The van der Waals surface area contributed by atoms with Gasteiger partial charge in [-0.3, -0.25) is 9.59 Å². The second-order valence-electron chi connectivity index (χ2n) is 4.29. The maximum atomic E-state index is 11.6. The van der Waals surface area contributed by atoms with Gasteiger partial charge in [0, 0.05) is 23.3 Å². The van der Waals surface area contributed by atoms with Crippen LogP contribution in [0.25, 0.3) is 0 Å². The van der Waals surface area contributed by atoms with Crippen molar-refractivity contribution in [3.05, 3.63) is 28.7 Å². The zero-order valence-corrected chi connectivity index (χ0v) is 12.2. The molecule has 3 N–H and O–H groups in total. The van der Waals surface area contributed by atoms with Gasteiger partial charge >= 0.3 is 11.8 Å². The molecule has 0 aromatic heterocycles. The molecule has 6 heteroatoms. The van der Waals surface area contributed by atoms with Crippen LogP contribution in [-0.2, 0) is 9.59 Å². The third kappa shape index (κ3) is 5.85. The summed E-state index contributed by atoms with van der Waals surface area (Å²) in [7, 11) is 0. The quantitative estimate of drug-likeness (QED) is 0.717. The molecule has 5 nitrogen and oxygen atoms in total. The van der Waals surface area contributed by atoms with Crippen LogP contribution in [0.3, 0.4) is 0 Å². The summed E-state index contributed by atoms with van der Waals surface area (Å²) in [5.41, 5.74) is 0.562. The first-order valence-corrected chi connectivity index (χ1v) is 6.78. The van der Waals surface area contributed by atoms with E-state index in [1.807, 2.05) is 6.92 Å². The van der Waals surface area contributed by atoms with E-state index in [1.54, 1.807) is 24.3 Å². The Kier molecular flexibility index (Phi) is 6.52. The molecule has 0 saturated heterocycles. The van der Waals surface area contributed by atoms with E-state index >= 15 is 0 Å². The van der Waals surface area contributed by atoms with Crippen LogP contribution in [0.1, 0.15) is 13.3 Å². The molecular weight excluding hydrogens is 312 g/mol. The SMILES string of the molecule is CC(CCO)CNC(=O)C(=O)Nc1ccc(Br)cc1. The molecule has 1 aromatic carbocycles. The molecular formula is C13H17BrN2O3. The fraction of sp³-hybridized carbons (Fsp3) is 0.385. The first-order valence-electron chi connectivity index (χ1n) is 5.98. The third-order valence-electron chi connectivity index (χ3n) is 2.54. The van der Waals surface area contributed by atoms with Crippen molar-refractivity contribution in [2.75, 3.05) is 18.5 Å². The van der Waals surface area contributed by atoms with Crippen LogP contribution in [0, 0.1) is 5.92 Å². The Morgan fingerprint density at radius 2 is 1.89 bits per heavy atom. The third-order valence-corrected chi connectivity index (χ3v) is 3.07. The molecule has 0 bridgehead atoms. The predicted octanol–water partition coefficient (Wildman–Crippen LogP) is 1.52. The van der Waals surface area contributed by atoms with Crippen molar-refractivity contribution >= 4 is 33.4 Å². The Labute approximate surface area is 120 Å². The Hall–Kier alpha value is -1.40. The lowest BCUT2D eigenvalue weighted by Gasteiger charge is -2.11. The van der Waals surface area contributed by atoms with E-state index < -0.39 is 11.8 Å². The van der Waals surface area contributed by atoms with Gasteiger partial charge in [0.1, 0.15) is 0 Å². The highest BCUT2D eigenvalue weighted by Gasteiger charge is 2.14. The molecule has 0 heterocycles. The van der Waals surface area contributed by atoms with Gasteiger partial charge in [-0.15, -0.1) is 0 Å². The Morgan fingerprint density at radius 1 is 1.26 bits per heavy atom. The molecule has 2 amide bonds. The minimum Gasteiger partial charge on any atom is -0.396 e. The normalized spacial score (nSPS) is 11.7. The van der Waals surface area contributed by atoms with Crippen LogP contribution in [0.15, 0.2) is 28.7 Å². The average molecular weight is 329 g/mol. The van der Waals surface area contributed by atoms with Crippen LogP contribution in [0.4, 0.5) is 5.69 Å². The first-order chi connectivity index (χ1) is 9.02. The summed E-state index contributed by atoms with van der Waals surface area (Å²) in [5.74, 6) is -1.24. The molecule has 19 heavy (non-hydrogen) atoms. The maximum absolute atomic E-state index is 11.6. The zero-order valence-electron chi connectivity index (χ0n) is 10.6. The fourth-order valence-corrected chi connectivity index (χ4v) is 1.66. The summed E-state index contributed by atoms with van der Waals surface area (Å²) in [6, 6.07) is 6.95. The van der Waals surface area contributed by atoms with Gasteiger partial charge < -0.3 is 15.7 Å². The van der Waals surface area contributed by atoms with Crippen LogP contribution in [-0.4, -0.2) is 30.1 Å². The number of aliphatic hydroxyl groups is 1. The molecule has 1 atom stereocenters. The molecule has 0 radical (unpaired) electrons. The second-order valence-corrected chi connectivity index (χ2v) is 5.20. The smallest absolute Gasteiger partial charge is 0.313 e. The molecule has 0 aliphatic heterocycles. The van der Waals surface area contributed by atoms with E-state index in [0.29, 0.717) is 18.7 Å². The Bertz CT molecular complexity index is 434. The summed E-state index contributed by atoms with van der Waals surface area (Å²) >= 11 is 3.28. The van der Waals surface area contributed by atoms with Gasteiger partial charge in [-0.2, -0.15) is 0 Å². The number of hydrogen-bond acceptors (Lipinski definition) is 3. The van der Waals surface area contributed by atoms with Crippen LogP contribution < -0.4 is 10.6 Å². The molecule has 1 rings (SSSR count). The average Bonchev–Trinajstić information content (AvgIpc) is 2.39. The number of benzene rings is 1.